The zero-order valence-corrected chi connectivity index (χ0v) is 16.0. The van der Waals surface area contributed by atoms with Gasteiger partial charge in [0.25, 0.3) is 11.5 Å². The summed E-state index contributed by atoms with van der Waals surface area (Å²) in [6.45, 7) is 5.61. The Hall–Kier alpha value is -2.94. The molecule has 0 bridgehead atoms. The van der Waals surface area contributed by atoms with Crippen LogP contribution in [0.3, 0.4) is 0 Å². The predicted molar refractivity (Wildman–Crippen MR) is 105 cm³/mol. The largest absolute Gasteiger partial charge is 0.378 e. The summed E-state index contributed by atoms with van der Waals surface area (Å²) in [4.78, 5) is 39.5. The third-order valence-corrected chi connectivity index (χ3v) is 5.27. The van der Waals surface area contributed by atoms with Gasteiger partial charge in [0.1, 0.15) is 23.7 Å². The number of hydrogen-bond donors (Lipinski definition) is 0. The maximum absolute atomic E-state index is 12.8. The molecule has 2 aromatic rings. The average molecular weight is 384 g/mol. The van der Waals surface area contributed by atoms with Crippen molar-refractivity contribution in [2.24, 2.45) is 7.05 Å². The number of piperazine rings is 1. The molecule has 9 heteroatoms. The van der Waals surface area contributed by atoms with E-state index in [1.807, 2.05) is 6.07 Å². The van der Waals surface area contributed by atoms with E-state index in [0.29, 0.717) is 45.1 Å². The minimum atomic E-state index is -0.180. The lowest BCUT2D eigenvalue weighted by Gasteiger charge is -2.36. The fraction of sp³-hybridized carbons (Fsp3) is 0.474. The Morgan fingerprint density at radius 2 is 1.61 bits per heavy atom. The SMILES string of the molecule is Cn1c(C(=O)N2CCN(c3cc(N4CCOCC4)ncn3)CC2)cccc1=O. The van der Waals surface area contributed by atoms with Gasteiger partial charge >= 0.3 is 0 Å². The minimum Gasteiger partial charge on any atom is -0.378 e. The molecule has 2 aliphatic heterocycles. The Morgan fingerprint density at radius 1 is 0.964 bits per heavy atom. The first-order valence-electron chi connectivity index (χ1n) is 9.48. The number of hydrogen-bond acceptors (Lipinski definition) is 7. The fourth-order valence-corrected chi connectivity index (χ4v) is 3.55. The molecule has 0 aliphatic carbocycles. The van der Waals surface area contributed by atoms with Crippen molar-refractivity contribution < 1.29 is 9.53 Å². The Kier molecular flexibility index (Phi) is 5.25. The quantitative estimate of drug-likeness (QED) is 0.735. The van der Waals surface area contributed by atoms with Gasteiger partial charge in [-0.3, -0.25) is 9.59 Å². The van der Waals surface area contributed by atoms with Crippen molar-refractivity contribution in [2.45, 2.75) is 0 Å². The van der Waals surface area contributed by atoms with E-state index < -0.39 is 0 Å². The zero-order valence-electron chi connectivity index (χ0n) is 16.0. The first-order valence-corrected chi connectivity index (χ1v) is 9.48. The van der Waals surface area contributed by atoms with Crippen LogP contribution in [-0.2, 0) is 11.8 Å². The summed E-state index contributed by atoms with van der Waals surface area (Å²) in [5.74, 6) is 1.67. The van der Waals surface area contributed by atoms with Gasteiger partial charge in [0.2, 0.25) is 0 Å². The maximum atomic E-state index is 12.8. The van der Waals surface area contributed by atoms with Gasteiger partial charge in [-0.15, -0.1) is 0 Å². The van der Waals surface area contributed by atoms with Gasteiger partial charge in [0, 0.05) is 58.4 Å². The van der Waals surface area contributed by atoms with Crippen molar-refractivity contribution in [3.63, 3.8) is 0 Å². The molecule has 4 rings (SSSR count). The lowest BCUT2D eigenvalue weighted by atomic mass is 10.2. The van der Waals surface area contributed by atoms with Gasteiger partial charge in [-0.05, 0) is 6.07 Å². The summed E-state index contributed by atoms with van der Waals surface area (Å²) in [5.41, 5.74) is 0.235. The van der Waals surface area contributed by atoms with Crippen LogP contribution in [0, 0.1) is 0 Å². The highest BCUT2D eigenvalue weighted by Crippen LogP contribution is 2.20. The first kappa shape index (κ1) is 18.4. The second-order valence-electron chi connectivity index (χ2n) is 6.92. The second kappa shape index (κ2) is 7.97. The van der Waals surface area contributed by atoms with Crippen LogP contribution in [-0.4, -0.2) is 77.8 Å². The molecule has 0 aromatic carbocycles. The summed E-state index contributed by atoms with van der Waals surface area (Å²) in [5, 5.41) is 0. The van der Waals surface area contributed by atoms with Crippen LogP contribution in [0.2, 0.25) is 0 Å². The smallest absolute Gasteiger partial charge is 0.270 e. The molecule has 9 nitrogen and oxygen atoms in total. The van der Waals surface area contributed by atoms with Gasteiger partial charge in [0.15, 0.2) is 0 Å². The fourth-order valence-electron chi connectivity index (χ4n) is 3.55. The van der Waals surface area contributed by atoms with Crippen LogP contribution in [0.1, 0.15) is 10.5 Å². The molecule has 28 heavy (non-hydrogen) atoms. The van der Waals surface area contributed by atoms with Crippen molar-refractivity contribution in [3.8, 4) is 0 Å². The summed E-state index contributed by atoms with van der Waals surface area (Å²) >= 11 is 0. The molecular weight excluding hydrogens is 360 g/mol. The standard InChI is InChI=1S/C19H24N6O3/c1-22-15(3-2-4-18(22)26)19(27)25-7-5-23(6-8-25)16-13-17(21-14-20-16)24-9-11-28-12-10-24/h2-4,13-14H,5-12H2,1H3. The average Bonchev–Trinajstić information content (AvgIpc) is 2.76. The lowest BCUT2D eigenvalue weighted by molar-refractivity contribution is 0.0735. The molecule has 0 atom stereocenters. The van der Waals surface area contributed by atoms with Gasteiger partial charge in [-0.25, -0.2) is 9.97 Å². The summed E-state index contributed by atoms with van der Waals surface area (Å²) in [7, 11) is 1.62. The molecule has 2 fully saturated rings. The molecule has 0 spiro atoms. The van der Waals surface area contributed by atoms with E-state index in [1.165, 1.54) is 10.6 Å². The van der Waals surface area contributed by atoms with E-state index in [4.69, 9.17) is 4.74 Å². The number of aromatic nitrogens is 3. The second-order valence-corrected chi connectivity index (χ2v) is 6.92. The number of rotatable bonds is 3. The van der Waals surface area contributed by atoms with Crippen molar-refractivity contribution in [2.75, 3.05) is 62.3 Å². The van der Waals surface area contributed by atoms with E-state index in [0.717, 1.165) is 24.7 Å². The Morgan fingerprint density at radius 3 is 2.29 bits per heavy atom. The van der Waals surface area contributed by atoms with Crippen molar-refractivity contribution >= 4 is 17.5 Å². The number of ether oxygens (including phenoxy) is 1. The van der Waals surface area contributed by atoms with Crippen molar-refractivity contribution in [1.29, 1.82) is 0 Å². The molecule has 0 radical (unpaired) electrons. The molecule has 0 N–H and O–H groups in total. The van der Waals surface area contributed by atoms with E-state index in [2.05, 4.69) is 19.8 Å². The van der Waals surface area contributed by atoms with Gasteiger partial charge in [-0.2, -0.15) is 0 Å². The van der Waals surface area contributed by atoms with E-state index >= 15 is 0 Å². The van der Waals surface area contributed by atoms with Crippen LogP contribution in [0.5, 0.6) is 0 Å². The Labute approximate surface area is 163 Å². The number of morpholine rings is 1. The molecule has 2 aliphatic rings. The monoisotopic (exact) mass is 384 g/mol. The Bertz CT molecular complexity index is 901. The van der Waals surface area contributed by atoms with Gasteiger partial charge in [0.05, 0.1) is 13.2 Å². The highest BCUT2D eigenvalue weighted by Gasteiger charge is 2.25. The molecule has 0 saturated carbocycles. The first-order chi connectivity index (χ1) is 13.6. The molecule has 148 valence electrons. The molecule has 2 saturated heterocycles. The van der Waals surface area contributed by atoms with Crippen LogP contribution in [0.25, 0.3) is 0 Å². The number of pyridine rings is 1. The third kappa shape index (κ3) is 3.70. The van der Waals surface area contributed by atoms with E-state index in [9.17, 15) is 9.59 Å². The van der Waals surface area contributed by atoms with Crippen LogP contribution >= 0.6 is 0 Å². The van der Waals surface area contributed by atoms with E-state index in [-0.39, 0.29) is 11.5 Å². The lowest BCUT2D eigenvalue weighted by Crippen LogP contribution is -2.49. The van der Waals surface area contributed by atoms with Crippen LogP contribution < -0.4 is 15.4 Å². The number of nitrogens with zero attached hydrogens (tertiary/aromatic N) is 6. The number of anilines is 2. The zero-order chi connectivity index (χ0) is 19.5. The highest BCUT2D eigenvalue weighted by molar-refractivity contribution is 5.92. The van der Waals surface area contributed by atoms with Crippen LogP contribution in [0.4, 0.5) is 11.6 Å². The number of carbonyl (C=O) groups is 1. The van der Waals surface area contributed by atoms with E-state index in [1.54, 1.807) is 30.4 Å². The maximum Gasteiger partial charge on any atom is 0.270 e. The Balaban J connectivity index is 1.42. The number of amides is 1. The summed E-state index contributed by atoms with van der Waals surface area (Å²) < 4.78 is 6.80. The summed E-state index contributed by atoms with van der Waals surface area (Å²) in [6, 6.07) is 6.77. The van der Waals surface area contributed by atoms with Gasteiger partial charge < -0.3 is 24.0 Å². The third-order valence-electron chi connectivity index (χ3n) is 5.27. The molecule has 2 aromatic heterocycles. The molecular formula is C19H24N6O3. The normalized spacial score (nSPS) is 17.7. The van der Waals surface area contributed by atoms with Crippen molar-refractivity contribution in [1.82, 2.24) is 19.4 Å². The molecule has 0 unspecified atom stereocenters. The minimum absolute atomic E-state index is 0.114. The van der Waals surface area contributed by atoms with Gasteiger partial charge in [-0.1, -0.05) is 6.07 Å². The number of carbonyl (C=O) groups excluding carboxylic acids is 1. The molecule has 4 heterocycles. The topological polar surface area (TPSA) is 83.8 Å². The highest BCUT2D eigenvalue weighted by atomic mass is 16.5. The van der Waals surface area contributed by atoms with Crippen LogP contribution in [0.15, 0.2) is 35.4 Å². The summed E-state index contributed by atoms with van der Waals surface area (Å²) in [6.07, 6.45) is 1.59. The molecule has 1 amide bonds. The predicted octanol–water partition coefficient (Wildman–Crippen LogP) is -0.0257. The van der Waals surface area contributed by atoms with Crippen molar-refractivity contribution in [3.05, 3.63) is 46.6 Å².